The summed E-state index contributed by atoms with van der Waals surface area (Å²) in [5, 5.41) is 4.29. The van der Waals surface area contributed by atoms with Crippen LogP contribution >= 0.6 is 0 Å². The first-order chi connectivity index (χ1) is 13.6. The number of aromatic nitrogens is 2. The summed E-state index contributed by atoms with van der Waals surface area (Å²) < 4.78 is 6.91. The van der Waals surface area contributed by atoms with E-state index < -0.39 is 0 Å². The maximum atomic E-state index is 13.1. The minimum absolute atomic E-state index is 0.0495. The summed E-state index contributed by atoms with van der Waals surface area (Å²) in [6.45, 7) is 2.57. The van der Waals surface area contributed by atoms with Crippen molar-refractivity contribution in [2.75, 3.05) is 11.5 Å². The second-order valence-corrected chi connectivity index (χ2v) is 6.80. The first kappa shape index (κ1) is 18.0. The molecule has 1 aliphatic heterocycles. The Hall–Kier alpha value is -3.41. The molecule has 0 N–H and O–H groups in total. The zero-order valence-electron chi connectivity index (χ0n) is 15.6. The monoisotopic (exact) mass is 375 g/mol. The van der Waals surface area contributed by atoms with Gasteiger partial charge in [0.25, 0.3) is 11.5 Å². The molecule has 2 aromatic carbocycles. The fraction of sp³-hybridized carbons (Fsp3) is 0.227. The molecule has 0 spiro atoms. The van der Waals surface area contributed by atoms with Gasteiger partial charge in [0.15, 0.2) is 0 Å². The van der Waals surface area contributed by atoms with Gasteiger partial charge in [-0.3, -0.25) is 9.59 Å². The maximum absolute atomic E-state index is 13.1. The number of anilines is 1. The lowest BCUT2D eigenvalue weighted by Crippen LogP contribution is -2.38. The molecule has 6 nitrogen and oxygen atoms in total. The third-order valence-corrected chi connectivity index (χ3v) is 4.83. The number of benzene rings is 2. The Morgan fingerprint density at radius 1 is 1.07 bits per heavy atom. The van der Waals surface area contributed by atoms with Gasteiger partial charge in [-0.15, -0.1) is 0 Å². The van der Waals surface area contributed by atoms with Crippen molar-refractivity contribution in [1.82, 2.24) is 9.78 Å². The minimum Gasteiger partial charge on any atom is -0.492 e. The van der Waals surface area contributed by atoms with Crippen molar-refractivity contribution in [2.24, 2.45) is 0 Å². The van der Waals surface area contributed by atoms with Crippen LogP contribution in [0.4, 0.5) is 5.69 Å². The highest BCUT2D eigenvalue weighted by Crippen LogP contribution is 2.32. The van der Waals surface area contributed by atoms with Crippen molar-refractivity contribution >= 4 is 11.6 Å². The summed E-state index contributed by atoms with van der Waals surface area (Å²) in [5.74, 6) is 0.528. The van der Waals surface area contributed by atoms with E-state index in [1.807, 2.05) is 61.5 Å². The number of para-hydroxylation sites is 2. The highest BCUT2D eigenvalue weighted by Gasteiger charge is 2.32. The lowest BCUT2D eigenvalue weighted by Gasteiger charge is -2.22. The van der Waals surface area contributed by atoms with E-state index in [-0.39, 0.29) is 36.4 Å². The van der Waals surface area contributed by atoms with Crippen molar-refractivity contribution in [1.29, 1.82) is 0 Å². The number of hydrogen-bond acceptors (Lipinski definition) is 4. The molecule has 0 fully saturated rings. The second-order valence-electron chi connectivity index (χ2n) is 6.80. The number of fused-ring (bicyclic) bond motifs is 1. The van der Waals surface area contributed by atoms with E-state index in [1.165, 1.54) is 16.8 Å². The summed E-state index contributed by atoms with van der Waals surface area (Å²) in [4.78, 5) is 27.0. The van der Waals surface area contributed by atoms with Gasteiger partial charge < -0.3 is 9.64 Å². The van der Waals surface area contributed by atoms with E-state index in [2.05, 4.69) is 5.10 Å². The van der Waals surface area contributed by atoms with Crippen LogP contribution in [-0.2, 0) is 13.0 Å². The molecule has 1 atom stereocenters. The van der Waals surface area contributed by atoms with E-state index in [0.717, 1.165) is 23.4 Å². The van der Waals surface area contributed by atoms with Crippen LogP contribution in [0.15, 0.2) is 71.5 Å². The molecule has 142 valence electrons. The molecular formula is C22H21N3O3. The van der Waals surface area contributed by atoms with Crippen molar-refractivity contribution in [3.8, 4) is 5.75 Å². The lowest BCUT2D eigenvalue weighted by atomic mass is 10.1. The highest BCUT2D eigenvalue weighted by atomic mass is 16.5. The fourth-order valence-electron chi connectivity index (χ4n) is 3.49. The third kappa shape index (κ3) is 3.53. The zero-order chi connectivity index (χ0) is 19.5. The van der Waals surface area contributed by atoms with E-state index >= 15 is 0 Å². The van der Waals surface area contributed by atoms with Crippen LogP contribution in [0, 0.1) is 0 Å². The Balaban J connectivity index is 1.52. The lowest BCUT2D eigenvalue weighted by molar-refractivity contribution is 0.0973. The number of rotatable bonds is 5. The van der Waals surface area contributed by atoms with Gasteiger partial charge in [-0.05, 0) is 43.2 Å². The van der Waals surface area contributed by atoms with Gasteiger partial charge in [0.05, 0.1) is 6.54 Å². The Bertz CT molecular complexity index is 1050. The van der Waals surface area contributed by atoms with Crippen molar-refractivity contribution in [2.45, 2.75) is 25.9 Å². The largest absolute Gasteiger partial charge is 0.492 e. The standard InChI is InChI=1S/C22H21N3O3/c1-16-15-17-7-5-6-10-20(17)25(16)22(27)19-11-12-21(26)24(23-19)13-14-28-18-8-3-2-4-9-18/h2-12,16H,13-15H2,1H3. The number of ether oxygens (including phenoxy) is 1. The molecule has 2 heterocycles. The molecule has 0 radical (unpaired) electrons. The van der Waals surface area contributed by atoms with Crippen LogP contribution in [0.2, 0.25) is 0 Å². The van der Waals surface area contributed by atoms with Crippen molar-refractivity contribution < 1.29 is 9.53 Å². The summed E-state index contributed by atoms with van der Waals surface area (Å²) in [5.41, 5.74) is 2.05. The van der Waals surface area contributed by atoms with Crippen LogP contribution in [0.1, 0.15) is 23.0 Å². The average molecular weight is 375 g/mol. The first-order valence-corrected chi connectivity index (χ1v) is 9.31. The van der Waals surface area contributed by atoms with Gasteiger partial charge >= 0.3 is 0 Å². The molecule has 1 unspecified atom stereocenters. The predicted molar refractivity (Wildman–Crippen MR) is 107 cm³/mol. The Morgan fingerprint density at radius 3 is 2.64 bits per heavy atom. The van der Waals surface area contributed by atoms with E-state index in [0.29, 0.717) is 0 Å². The number of hydrogen-bond donors (Lipinski definition) is 0. The summed E-state index contributed by atoms with van der Waals surface area (Å²) in [6, 6.07) is 20.2. The molecule has 1 amide bonds. The van der Waals surface area contributed by atoms with Gasteiger partial charge in [-0.25, -0.2) is 4.68 Å². The quantitative estimate of drug-likeness (QED) is 0.688. The van der Waals surface area contributed by atoms with Crippen molar-refractivity contribution in [3.05, 3.63) is 88.3 Å². The molecule has 28 heavy (non-hydrogen) atoms. The Morgan fingerprint density at radius 2 is 1.82 bits per heavy atom. The molecule has 4 rings (SSSR count). The van der Waals surface area contributed by atoms with Gasteiger partial charge in [-0.1, -0.05) is 36.4 Å². The number of nitrogens with zero attached hydrogens (tertiary/aromatic N) is 3. The summed E-state index contributed by atoms with van der Waals surface area (Å²) in [7, 11) is 0. The first-order valence-electron chi connectivity index (χ1n) is 9.31. The second kappa shape index (κ2) is 7.68. The summed E-state index contributed by atoms with van der Waals surface area (Å²) in [6.07, 6.45) is 0.812. The van der Waals surface area contributed by atoms with Crippen LogP contribution in [0.5, 0.6) is 5.75 Å². The molecular weight excluding hydrogens is 354 g/mol. The molecule has 3 aromatic rings. The number of carbonyl (C=O) groups is 1. The maximum Gasteiger partial charge on any atom is 0.278 e. The number of amides is 1. The molecule has 1 aliphatic rings. The van der Waals surface area contributed by atoms with Crippen LogP contribution in [0.25, 0.3) is 0 Å². The van der Waals surface area contributed by atoms with E-state index in [1.54, 1.807) is 4.90 Å². The van der Waals surface area contributed by atoms with Gasteiger partial charge in [0.2, 0.25) is 0 Å². The molecule has 0 saturated carbocycles. The topological polar surface area (TPSA) is 64.4 Å². The smallest absolute Gasteiger partial charge is 0.278 e. The van der Waals surface area contributed by atoms with E-state index in [4.69, 9.17) is 4.74 Å². The number of carbonyl (C=O) groups excluding carboxylic acids is 1. The molecule has 0 aliphatic carbocycles. The molecule has 1 aromatic heterocycles. The summed E-state index contributed by atoms with van der Waals surface area (Å²) >= 11 is 0. The van der Waals surface area contributed by atoms with Crippen LogP contribution < -0.4 is 15.2 Å². The molecule has 0 bridgehead atoms. The third-order valence-electron chi connectivity index (χ3n) is 4.83. The molecule has 6 heteroatoms. The highest BCUT2D eigenvalue weighted by molar-refractivity contribution is 6.06. The van der Waals surface area contributed by atoms with E-state index in [9.17, 15) is 9.59 Å². The van der Waals surface area contributed by atoms with Gasteiger partial charge in [-0.2, -0.15) is 5.10 Å². The van der Waals surface area contributed by atoms with Crippen LogP contribution in [0.3, 0.4) is 0 Å². The van der Waals surface area contributed by atoms with Crippen molar-refractivity contribution in [3.63, 3.8) is 0 Å². The Labute approximate surface area is 163 Å². The average Bonchev–Trinajstić information content (AvgIpc) is 3.05. The predicted octanol–water partition coefficient (Wildman–Crippen LogP) is 2.91. The fourth-order valence-corrected chi connectivity index (χ4v) is 3.49. The Kier molecular flexibility index (Phi) is 4.93. The van der Waals surface area contributed by atoms with Gasteiger partial charge in [0.1, 0.15) is 18.1 Å². The molecule has 0 saturated heterocycles. The zero-order valence-corrected chi connectivity index (χ0v) is 15.6. The minimum atomic E-state index is -0.261. The van der Waals surface area contributed by atoms with Gasteiger partial charge in [0, 0.05) is 17.8 Å². The van der Waals surface area contributed by atoms with Crippen LogP contribution in [-0.4, -0.2) is 28.3 Å². The SMILES string of the molecule is CC1Cc2ccccc2N1C(=O)c1ccc(=O)n(CCOc2ccccc2)n1. The normalized spacial score (nSPS) is 15.3.